The summed E-state index contributed by atoms with van der Waals surface area (Å²) in [6, 6.07) is 0. The van der Waals surface area contributed by atoms with Crippen LogP contribution in [0.5, 0.6) is 23.0 Å². The van der Waals surface area contributed by atoms with E-state index in [2.05, 4.69) is 45.9 Å². The van der Waals surface area contributed by atoms with Crippen molar-refractivity contribution in [3.8, 4) is 23.0 Å². The first kappa shape index (κ1) is 33.8. The second kappa shape index (κ2) is 16.0. The van der Waals surface area contributed by atoms with Gasteiger partial charge in [0.05, 0.1) is 20.8 Å². The Labute approximate surface area is 236 Å². The molecule has 0 aromatic heterocycles. The molecule has 216 valence electrons. The average Bonchev–Trinajstić information content (AvgIpc) is 2.85. The lowest BCUT2D eigenvalue weighted by atomic mass is 9.72. The molecule has 0 aliphatic heterocycles. The van der Waals surface area contributed by atoms with Crippen molar-refractivity contribution in [1.82, 2.24) is 0 Å². The molecule has 0 atom stereocenters. The molecule has 0 amide bonds. The van der Waals surface area contributed by atoms with E-state index in [0.717, 1.165) is 11.1 Å². The number of phenols is 2. The standard InChI is InChI=1S/C20H30O.C14H20O4/c1-16(8-6-9-17(2)13-15-21)11-12-19-18(3)10-7-14-20(19,4)5;1-8(2)6-7-10-9(3)11(15)13(17-4)14(18-5)12(10)16/h6,8-9,11-13,21H,7,10,14-15H2,1-5H3;6,15-16H,7H2,1-5H3/b9-6+,12-11+,16-8+,17-13-;. The van der Waals surface area contributed by atoms with E-state index in [0.29, 0.717) is 23.0 Å². The molecule has 0 bridgehead atoms. The molecule has 1 aromatic carbocycles. The van der Waals surface area contributed by atoms with Gasteiger partial charge in [-0.1, -0.05) is 78.7 Å². The number of hydrogen-bond donors (Lipinski definition) is 3. The summed E-state index contributed by atoms with van der Waals surface area (Å²) in [5.41, 5.74) is 8.05. The number of rotatable bonds is 9. The van der Waals surface area contributed by atoms with E-state index in [4.69, 9.17) is 14.6 Å². The number of benzene rings is 1. The lowest BCUT2D eigenvalue weighted by molar-refractivity contribution is 0.314. The van der Waals surface area contributed by atoms with Crippen molar-refractivity contribution in [3.05, 3.63) is 81.5 Å². The summed E-state index contributed by atoms with van der Waals surface area (Å²) in [5, 5.41) is 29.0. The number of aliphatic hydroxyl groups excluding tert-OH is 1. The highest BCUT2D eigenvalue weighted by atomic mass is 16.5. The molecule has 1 aromatic rings. The molecule has 0 saturated heterocycles. The fourth-order valence-electron chi connectivity index (χ4n) is 4.62. The van der Waals surface area contributed by atoms with Gasteiger partial charge in [-0.2, -0.15) is 0 Å². The summed E-state index contributed by atoms with van der Waals surface area (Å²) in [7, 11) is 2.85. The smallest absolute Gasteiger partial charge is 0.207 e. The van der Waals surface area contributed by atoms with Crippen LogP contribution in [0.4, 0.5) is 0 Å². The summed E-state index contributed by atoms with van der Waals surface area (Å²) in [5.74, 6) is 0.345. The third-order valence-electron chi connectivity index (χ3n) is 7.04. The monoisotopic (exact) mass is 538 g/mol. The lowest BCUT2D eigenvalue weighted by Crippen LogP contribution is -2.19. The van der Waals surface area contributed by atoms with E-state index >= 15 is 0 Å². The quantitative estimate of drug-likeness (QED) is 0.167. The summed E-state index contributed by atoms with van der Waals surface area (Å²) >= 11 is 0. The zero-order valence-electron chi connectivity index (χ0n) is 25.7. The third kappa shape index (κ3) is 10.1. The van der Waals surface area contributed by atoms with Crippen LogP contribution < -0.4 is 9.47 Å². The number of methoxy groups -OCH3 is 2. The van der Waals surface area contributed by atoms with Crippen molar-refractivity contribution in [2.45, 2.75) is 81.1 Å². The van der Waals surface area contributed by atoms with Crippen molar-refractivity contribution in [3.63, 3.8) is 0 Å². The number of phenolic OH excluding ortho intramolecular Hbond substituents is 2. The van der Waals surface area contributed by atoms with Gasteiger partial charge in [0, 0.05) is 11.1 Å². The molecule has 1 aliphatic rings. The maximum atomic E-state index is 10.2. The van der Waals surface area contributed by atoms with Gasteiger partial charge in [-0.15, -0.1) is 0 Å². The first-order valence-electron chi connectivity index (χ1n) is 13.6. The summed E-state index contributed by atoms with van der Waals surface area (Å²) < 4.78 is 10.2. The van der Waals surface area contributed by atoms with Gasteiger partial charge < -0.3 is 24.8 Å². The van der Waals surface area contributed by atoms with E-state index in [1.165, 1.54) is 50.2 Å². The Morgan fingerprint density at radius 3 is 2.05 bits per heavy atom. The van der Waals surface area contributed by atoms with Crippen LogP contribution in [0.1, 0.15) is 78.9 Å². The Morgan fingerprint density at radius 2 is 1.51 bits per heavy atom. The summed E-state index contributed by atoms with van der Waals surface area (Å²) in [6.07, 6.45) is 18.8. The summed E-state index contributed by atoms with van der Waals surface area (Å²) in [4.78, 5) is 0. The number of hydrogen-bond acceptors (Lipinski definition) is 5. The van der Waals surface area contributed by atoms with Crippen LogP contribution in [0.2, 0.25) is 0 Å². The highest BCUT2D eigenvalue weighted by Crippen LogP contribution is 2.48. The molecule has 5 heteroatoms. The van der Waals surface area contributed by atoms with Crippen molar-refractivity contribution in [2.75, 3.05) is 20.8 Å². The highest BCUT2D eigenvalue weighted by Gasteiger charge is 2.26. The Hall–Kier alpha value is -3.18. The van der Waals surface area contributed by atoms with Gasteiger partial charge in [0.15, 0.2) is 11.5 Å². The largest absolute Gasteiger partial charge is 0.504 e. The second-order valence-electron chi connectivity index (χ2n) is 11.0. The second-order valence-corrected chi connectivity index (χ2v) is 11.0. The van der Waals surface area contributed by atoms with Gasteiger partial charge >= 0.3 is 0 Å². The molecule has 5 nitrogen and oxygen atoms in total. The molecular formula is C34H50O5. The van der Waals surface area contributed by atoms with Gasteiger partial charge in [0.2, 0.25) is 11.5 Å². The predicted octanol–water partition coefficient (Wildman–Crippen LogP) is 8.44. The van der Waals surface area contributed by atoms with E-state index in [-0.39, 0.29) is 29.6 Å². The normalized spacial score (nSPS) is 15.9. The van der Waals surface area contributed by atoms with Gasteiger partial charge in [-0.3, -0.25) is 0 Å². The fourth-order valence-corrected chi connectivity index (χ4v) is 4.62. The molecule has 1 aliphatic carbocycles. The molecule has 0 saturated carbocycles. The fraction of sp³-hybridized carbons (Fsp3) is 0.471. The van der Waals surface area contributed by atoms with Crippen molar-refractivity contribution < 1.29 is 24.8 Å². The number of allylic oxidation sites excluding steroid dienone is 11. The third-order valence-corrected chi connectivity index (χ3v) is 7.04. The molecule has 0 fully saturated rings. The van der Waals surface area contributed by atoms with E-state index < -0.39 is 0 Å². The zero-order chi connectivity index (χ0) is 29.8. The minimum atomic E-state index is 0.00399. The van der Waals surface area contributed by atoms with Gasteiger partial charge in [0.1, 0.15) is 0 Å². The first-order valence-corrected chi connectivity index (χ1v) is 13.6. The molecule has 0 unspecified atom stereocenters. The lowest BCUT2D eigenvalue weighted by Gasteiger charge is -2.32. The number of ether oxygens (including phenoxy) is 2. The van der Waals surface area contributed by atoms with Crippen molar-refractivity contribution in [2.24, 2.45) is 5.41 Å². The van der Waals surface area contributed by atoms with Crippen molar-refractivity contribution in [1.29, 1.82) is 0 Å². The minimum Gasteiger partial charge on any atom is -0.504 e. The maximum Gasteiger partial charge on any atom is 0.207 e. The van der Waals surface area contributed by atoms with E-state index in [9.17, 15) is 10.2 Å². The Bertz CT molecular complexity index is 1150. The van der Waals surface area contributed by atoms with Crippen LogP contribution in [-0.4, -0.2) is 36.1 Å². The Balaban J connectivity index is 0.000000395. The SMILES string of the molecule is CC1=C(/C=C/C(C)=C/C=C/C(C)=C\CO)C(C)(C)CCC1.COc1c(O)c(C)c(CC=C(C)C)c(O)c1OC. The average molecular weight is 539 g/mol. The Kier molecular flexibility index (Phi) is 13.9. The van der Waals surface area contributed by atoms with Crippen molar-refractivity contribution >= 4 is 0 Å². The molecule has 0 heterocycles. The van der Waals surface area contributed by atoms with Gasteiger partial charge in [-0.05, 0) is 78.2 Å². The topological polar surface area (TPSA) is 79.2 Å². The van der Waals surface area contributed by atoms with E-state index in [1.54, 1.807) is 13.0 Å². The predicted molar refractivity (Wildman–Crippen MR) is 164 cm³/mol. The highest BCUT2D eigenvalue weighted by molar-refractivity contribution is 5.66. The molecule has 3 N–H and O–H groups in total. The molecule has 2 rings (SSSR count). The molecular weight excluding hydrogens is 488 g/mol. The van der Waals surface area contributed by atoms with Crippen LogP contribution in [0.25, 0.3) is 0 Å². The molecule has 39 heavy (non-hydrogen) atoms. The summed E-state index contributed by atoms with van der Waals surface area (Å²) in [6.45, 7) is 16.9. The van der Waals surface area contributed by atoms with Crippen LogP contribution >= 0.6 is 0 Å². The number of aliphatic hydroxyl groups is 1. The molecule has 0 spiro atoms. The molecule has 0 radical (unpaired) electrons. The first-order chi connectivity index (χ1) is 18.3. The van der Waals surface area contributed by atoms with Crippen LogP contribution in [0.3, 0.4) is 0 Å². The van der Waals surface area contributed by atoms with Crippen LogP contribution in [-0.2, 0) is 6.42 Å². The van der Waals surface area contributed by atoms with Gasteiger partial charge in [0.25, 0.3) is 0 Å². The van der Waals surface area contributed by atoms with Gasteiger partial charge in [-0.25, -0.2) is 0 Å². The van der Waals surface area contributed by atoms with E-state index in [1.807, 2.05) is 39.0 Å². The zero-order valence-corrected chi connectivity index (χ0v) is 25.7. The Morgan fingerprint density at radius 1 is 0.897 bits per heavy atom. The van der Waals surface area contributed by atoms with Crippen LogP contribution in [0.15, 0.2) is 70.4 Å². The van der Waals surface area contributed by atoms with Crippen LogP contribution in [0, 0.1) is 12.3 Å². The maximum absolute atomic E-state index is 10.2. The minimum absolute atomic E-state index is 0.00399. The number of aromatic hydroxyl groups is 2.